The fraction of sp³-hybridized carbons (Fsp3) is 0.611. The molecule has 0 aromatic carbocycles. The van der Waals surface area contributed by atoms with E-state index in [4.69, 9.17) is 14.2 Å². The van der Waals surface area contributed by atoms with Gasteiger partial charge >= 0.3 is 17.8 Å². The van der Waals surface area contributed by atoms with Gasteiger partial charge < -0.3 is 24.8 Å². The predicted octanol–water partition coefficient (Wildman–Crippen LogP) is 1.62. The Morgan fingerprint density at radius 2 is 2.07 bits per heavy atom. The Labute approximate surface area is 161 Å². The van der Waals surface area contributed by atoms with E-state index in [0.717, 1.165) is 23.3 Å². The number of carbonyl (C=O) groups is 3. The van der Waals surface area contributed by atoms with Gasteiger partial charge in [-0.3, -0.25) is 9.59 Å². The van der Waals surface area contributed by atoms with Crippen LogP contribution in [0.2, 0.25) is 0 Å². The van der Waals surface area contributed by atoms with Crippen molar-refractivity contribution in [3.05, 3.63) is 16.0 Å². The molecule has 3 rings (SSSR count). The maximum absolute atomic E-state index is 12.3. The summed E-state index contributed by atoms with van der Waals surface area (Å²) in [6, 6.07) is 0. The minimum atomic E-state index is -0.822. The lowest BCUT2D eigenvalue weighted by Crippen LogP contribution is -2.39. The average molecular weight is 396 g/mol. The van der Waals surface area contributed by atoms with E-state index in [9.17, 15) is 14.4 Å². The quantitative estimate of drug-likeness (QED) is 0.592. The zero-order chi connectivity index (χ0) is 19.6. The summed E-state index contributed by atoms with van der Waals surface area (Å²) < 4.78 is 16.1. The van der Waals surface area contributed by atoms with Crippen LogP contribution in [-0.2, 0) is 36.8 Å². The van der Waals surface area contributed by atoms with Gasteiger partial charge in [0.1, 0.15) is 5.00 Å². The van der Waals surface area contributed by atoms with Crippen molar-refractivity contribution in [1.29, 1.82) is 0 Å². The highest BCUT2D eigenvalue weighted by Gasteiger charge is 2.34. The van der Waals surface area contributed by atoms with E-state index in [-0.39, 0.29) is 6.10 Å². The lowest BCUT2D eigenvalue weighted by atomic mass is 9.93. The largest absolute Gasteiger partial charge is 0.465 e. The van der Waals surface area contributed by atoms with Crippen molar-refractivity contribution in [1.82, 2.24) is 5.32 Å². The molecule has 1 fully saturated rings. The van der Waals surface area contributed by atoms with Crippen LogP contribution >= 0.6 is 11.3 Å². The molecule has 2 aliphatic rings. The number of methoxy groups -OCH3 is 1. The molecule has 1 aromatic heterocycles. The van der Waals surface area contributed by atoms with Gasteiger partial charge in [-0.15, -0.1) is 11.3 Å². The van der Waals surface area contributed by atoms with Crippen LogP contribution in [0.4, 0.5) is 5.00 Å². The van der Waals surface area contributed by atoms with Crippen molar-refractivity contribution in [2.24, 2.45) is 0 Å². The van der Waals surface area contributed by atoms with Gasteiger partial charge in [0.2, 0.25) is 0 Å². The lowest BCUT2D eigenvalue weighted by molar-refractivity contribution is -0.136. The van der Waals surface area contributed by atoms with Crippen LogP contribution in [0.25, 0.3) is 0 Å². The normalized spacial score (nSPS) is 20.6. The van der Waals surface area contributed by atoms with Gasteiger partial charge in [-0.1, -0.05) is 0 Å². The molecule has 9 heteroatoms. The second-order valence-corrected chi connectivity index (χ2v) is 8.33. The number of esters is 1. The molecular weight excluding hydrogens is 372 g/mol. The number of carbonyl (C=O) groups excluding carboxylic acids is 3. The van der Waals surface area contributed by atoms with Gasteiger partial charge in [-0.05, 0) is 32.3 Å². The number of nitrogens with one attached hydrogen (secondary N) is 2. The second-order valence-electron chi connectivity index (χ2n) is 7.22. The number of fused-ring (bicyclic) bond motifs is 1. The summed E-state index contributed by atoms with van der Waals surface area (Å²) in [4.78, 5) is 37.5. The Balaban J connectivity index is 1.73. The average Bonchev–Trinajstić information content (AvgIpc) is 3.25. The van der Waals surface area contributed by atoms with E-state index < -0.39 is 23.4 Å². The molecule has 2 amide bonds. The monoisotopic (exact) mass is 396 g/mol. The van der Waals surface area contributed by atoms with Crippen molar-refractivity contribution in [2.45, 2.75) is 51.4 Å². The van der Waals surface area contributed by atoms with E-state index in [0.29, 0.717) is 36.7 Å². The molecule has 27 heavy (non-hydrogen) atoms. The van der Waals surface area contributed by atoms with Crippen LogP contribution in [0.1, 0.15) is 47.5 Å². The Kier molecular flexibility index (Phi) is 5.83. The maximum atomic E-state index is 12.3. The molecule has 0 saturated carbocycles. The minimum absolute atomic E-state index is 0.0548. The van der Waals surface area contributed by atoms with Crippen molar-refractivity contribution in [3.8, 4) is 0 Å². The highest BCUT2D eigenvalue weighted by Crippen LogP contribution is 2.40. The number of amides is 2. The predicted molar refractivity (Wildman–Crippen MR) is 98.8 cm³/mol. The Hall–Kier alpha value is -1.97. The molecule has 148 valence electrons. The molecule has 1 saturated heterocycles. The minimum Gasteiger partial charge on any atom is -0.465 e. The van der Waals surface area contributed by atoms with Crippen molar-refractivity contribution in [3.63, 3.8) is 0 Å². The number of ether oxygens (including phenoxy) is 3. The molecule has 0 spiro atoms. The van der Waals surface area contributed by atoms with E-state index in [1.54, 1.807) is 0 Å². The lowest BCUT2D eigenvalue weighted by Gasteiger charge is -2.30. The van der Waals surface area contributed by atoms with Crippen LogP contribution in [0, 0.1) is 0 Å². The van der Waals surface area contributed by atoms with Crippen LogP contribution in [-0.4, -0.2) is 49.8 Å². The Bertz CT molecular complexity index is 751. The fourth-order valence-corrected chi connectivity index (χ4v) is 4.33. The molecular formula is C18H24N2O6S. The summed E-state index contributed by atoms with van der Waals surface area (Å²) in [6.45, 7) is 5.18. The molecule has 0 radical (unpaired) electrons. The summed E-state index contributed by atoms with van der Waals surface area (Å²) in [5.41, 5.74) is 0.684. The van der Waals surface area contributed by atoms with Crippen molar-refractivity contribution in [2.75, 3.05) is 25.6 Å². The topological polar surface area (TPSA) is 103 Å². The van der Waals surface area contributed by atoms with E-state index in [2.05, 4.69) is 10.6 Å². The Morgan fingerprint density at radius 1 is 1.30 bits per heavy atom. The summed E-state index contributed by atoms with van der Waals surface area (Å²) in [7, 11) is 1.29. The molecule has 2 aliphatic heterocycles. The maximum Gasteiger partial charge on any atom is 0.341 e. The number of anilines is 1. The first-order chi connectivity index (χ1) is 12.8. The van der Waals surface area contributed by atoms with Gasteiger partial charge in [-0.25, -0.2) is 4.79 Å². The first-order valence-electron chi connectivity index (χ1n) is 8.88. The molecule has 1 atom stereocenters. The molecule has 2 N–H and O–H groups in total. The molecule has 0 bridgehead atoms. The van der Waals surface area contributed by atoms with Crippen molar-refractivity contribution < 1.29 is 28.6 Å². The van der Waals surface area contributed by atoms with Crippen LogP contribution in [0.3, 0.4) is 0 Å². The molecule has 3 heterocycles. The van der Waals surface area contributed by atoms with E-state index in [1.807, 2.05) is 13.8 Å². The third-order valence-corrected chi connectivity index (χ3v) is 5.75. The smallest absolute Gasteiger partial charge is 0.341 e. The molecule has 8 nitrogen and oxygen atoms in total. The van der Waals surface area contributed by atoms with Crippen molar-refractivity contribution >= 4 is 34.1 Å². The van der Waals surface area contributed by atoms with Gasteiger partial charge in [-0.2, -0.15) is 0 Å². The molecule has 0 unspecified atom stereocenters. The van der Waals surface area contributed by atoms with Crippen LogP contribution in [0.5, 0.6) is 0 Å². The molecule has 1 aromatic rings. The number of thiophene rings is 1. The summed E-state index contributed by atoms with van der Waals surface area (Å²) >= 11 is 1.23. The number of rotatable bonds is 4. The van der Waals surface area contributed by atoms with Gasteiger partial charge in [0, 0.05) is 24.4 Å². The molecule has 0 aliphatic carbocycles. The van der Waals surface area contributed by atoms with Crippen LogP contribution in [0.15, 0.2) is 0 Å². The summed E-state index contributed by atoms with van der Waals surface area (Å²) in [5, 5.41) is 5.44. The zero-order valence-electron chi connectivity index (χ0n) is 15.7. The van der Waals surface area contributed by atoms with Crippen LogP contribution < -0.4 is 10.6 Å². The summed E-state index contributed by atoms with van der Waals surface area (Å²) in [5.74, 6) is -2.12. The van der Waals surface area contributed by atoms with Gasteiger partial charge in [0.15, 0.2) is 0 Å². The zero-order valence-corrected chi connectivity index (χ0v) is 16.5. The van der Waals surface area contributed by atoms with Gasteiger partial charge in [0.25, 0.3) is 0 Å². The summed E-state index contributed by atoms with van der Waals surface area (Å²) in [6.07, 6.45) is 2.28. The highest BCUT2D eigenvalue weighted by molar-refractivity contribution is 7.17. The third-order valence-electron chi connectivity index (χ3n) is 4.62. The number of hydrogen-bond donors (Lipinski definition) is 2. The van der Waals surface area contributed by atoms with E-state index in [1.165, 1.54) is 18.4 Å². The standard InChI is InChI=1S/C18H24N2O6S/c1-18(2)7-11-12(9-26-18)27-16(13(11)17(23)24-3)20-15(22)14(21)19-8-10-5-4-6-25-10/h10H,4-9H2,1-3H3,(H,19,21)(H,20,22)/t10-/m0/s1. The highest BCUT2D eigenvalue weighted by atomic mass is 32.1. The Morgan fingerprint density at radius 3 is 2.74 bits per heavy atom. The SMILES string of the molecule is COC(=O)c1c(NC(=O)C(=O)NC[C@@H]2CCCO2)sc2c1CC(C)(C)OC2. The van der Waals surface area contributed by atoms with E-state index >= 15 is 0 Å². The third kappa shape index (κ3) is 4.48. The first kappa shape index (κ1) is 19.8. The van der Waals surface area contributed by atoms with Gasteiger partial charge in [0.05, 0.1) is 31.0 Å². The second kappa shape index (κ2) is 7.95. The fourth-order valence-electron chi connectivity index (χ4n) is 3.21. The first-order valence-corrected chi connectivity index (χ1v) is 9.70. The number of hydrogen-bond acceptors (Lipinski definition) is 7.